The molecule has 0 unspecified atom stereocenters. The van der Waals surface area contributed by atoms with Crippen molar-refractivity contribution >= 4 is 11.9 Å². The summed E-state index contributed by atoms with van der Waals surface area (Å²) in [7, 11) is 0. The molecule has 2 rings (SSSR count). The van der Waals surface area contributed by atoms with Gasteiger partial charge >= 0.3 is 11.9 Å². The number of aliphatic carboxylic acids is 2. The summed E-state index contributed by atoms with van der Waals surface area (Å²) in [6, 6.07) is 0. The van der Waals surface area contributed by atoms with E-state index in [1.165, 1.54) is 0 Å². The Morgan fingerprint density at radius 1 is 0.650 bits per heavy atom. The van der Waals surface area contributed by atoms with Crippen molar-refractivity contribution in [1.82, 2.24) is 0 Å². The van der Waals surface area contributed by atoms with Gasteiger partial charge in [0.25, 0.3) is 0 Å². The van der Waals surface area contributed by atoms with E-state index in [0.29, 0.717) is 25.7 Å². The van der Waals surface area contributed by atoms with Gasteiger partial charge in [-0.2, -0.15) is 10.2 Å². The van der Waals surface area contributed by atoms with Crippen LogP contribution >= 0.6 is 0 Å². The molecule has 0 aromatic rings. The average Bonchev–Trinajstić information content (AvgIpc) is 2.47. The first-order chi connectivity index (χ1) is 9.51. The Morgan fingerprint density at radius 3 is 1.20 bits per heavy atom. The minimum atomic E-state index is -1.20. The molecule has 0 radical (unpaired) electrons. The molecule has 2 aliphatic carbocycles. The molecule has 2 saturated carbocycles. The third kappa shape index (κ3) is 2.83. The van der Waals surface area contributed by atoms with Gasteiger partial charge in [0.05, 0.1) is 0 Å². The summed E-state index contributed by atoms with van der Waals surface area (Å²) < 4.78 is 0. The molecule has 0 aromatic heterocycles. The molecule has 6 heteroatoms. The summed E-state index contributed by atoms with van der Waals surface area (Å²) in [6.45, 7) is 0. The van der Waals surface area contributed by atoms with Crippen LogP contribution < -0.4 is 0 Å². The van der Waals surface area contributed by atoms with E-state index in [1.807, 2.05) is 0 Å². The molecule has 0 heterocycles. The minimum absolute atomic E-state index is 0.460. The standard InChI is InChI=1S/C14H22N2O4/c17-11(18)13(7-3-1-4-8-13)15-16-14(12(19)20)9-5-2-6-10-14/h1-10H2,(H,17,18)(H,19,20)/b16-15+. The predicted octanol–water partition coefficient (Wildman–Crippen LogP) is 3.01. The van der Waals surface area contributed by atoms with Gasteiger partial charge in [-0.3, -0.25) is 0 Å². The Labute approximate surface area is 118 Å². The smallest absolute Gasteiger partial charge is 0.333 e. The molecule has 0 aliphatic heterocycles. The second-order valence-electron chi connectivity index (χ2n) is 5.99. The molecule has 0 bridgehead atoms. The number of rotatable bonds is 4. The molecule has 0 spiro atoms. The van der Waals surface area contributed by atoms with Gasteiger partial charge < -0.3 is 10.2 Å². The van der Waals surface area contributed by atoms with Gasteiger partial charge in [-0.25, -0.2) is 9.59 Å². The van der Waals surface area contributed by atoms with Crippen LogP contribution in [-0.2, 0) is 9.59 Å². The van der Waals surface area contributed by atoms with Crippen LogP contribution in [0, 0.1) is 0 Å². The van der Waals surface area contributed by atoms with Gasteiger partial charge in [-0.1, -0.05) is 38.5 Å². The van der Waals surface area contributed by atoms with E-state index < -0.39 is 23.0 Å². The first-order valence-corrected chi connectivity index (χ1v) is 7.42. The third-order valence-corrected chi connectivity index (χ3v) is 4.59. The van der Waals surface area contributed by atoms with E-state index in [2.05, 4.69) is 10.2 Å². The summed E-state index contributed by atoms with van der Waals surface area (Å²) in [5, 5.41) is 27.0. The van der Waals surface area contributed by atoms with Crippen molar-refractivity contribution in [1.29, 1.82) is 0 Å². The molecule has 0 atom stereocenters. The zero-order valence-electron chi connectivity index (χ0n) is 11.7. The Bertz CT molecular complexity index is 369. The van der Waals surface area contributed by atoms with E-state index in [1.54, 1.807) is 0 Å². The van der Waals surface area contributed by atoms with Gasteiger partial charge in [0.15, 0.2) is 11.1 Å². The van der Waals surface area contributed by atoms with Gasteiger partial charge in [-0.15, -0.1) is 0 Å². The fourth-order valence-electron chi connectivity index (χ4n) is 3.18. The molecular formula is C14H22N2O4. The van der Waals surface area contributed by atoms with Gasteiger partial charge in [-0.05, 0) is 25.7 Å². The van der Waals surface area contributed by atoms with Crippen molar-refractivity contribution in [3.05, 3.63) is 0 Å². The molecule has 2 aliphatic rings. The van der Waals surface area contributed by atoms with Crippen LogP contribution in [0.2, 0.25) is 0 Å². The molecule has 112 valence electrons. The highest BCUT2D eigenvalue weighted by atomic mass is 16.4. The van der Waals surface area contributed by atoms with Crippen LogP contribution in [0.15, 0.2) is 10.2 Å². The van der Waals surface area contributed by atoms with Crippen LogP contribution in [0.25, 0.3) is 0 Å². The van der Waals surface area contributed by atoms with Crippen LogP contribution in [0.3, 0.4) is 0 Å². The number of nitrogens with zero attached hydrogens (tertiary/aromatic N) is 2. The van der Waals surface area contributed by atoms with Crippen molar-refractivity contribution in [3.8, 4) is 0 Å². The van der Waals surface area contributed by atoms with E-state index >= 15 is 0 Å². The van der Waals surface area contributed by atoms with Gasteiger partial charge in [0, 0.05) is 0 Å². The maximum absolute atomic E-state index is 11.5. The lowest BCUT2D eigenvalue weighted by Gasteiger charge is -2.32. The number of carbonyl (C=O) groups is 2. The fourth-order valence-corrected chi connectivity index (χ4v) is 3.18. The Morgan fingerprint density at radius 2 is 0.950 bits per heavy atom. The Hall–Kier alpha value is -1.46. The maximum atomic E-state index is 11.5. The van der Waals surface area contributed by atoms with E-state index in [4.69, 9.17) is 0 Å². The molecule has 2 fully saturated rings. The van der Waals surface area contributed by atoms with Crippen molar-refractivity contribution in [2.24, 2.45) is 10.2 Å². The molecular weight excluding hydrogens is 260 g/mol. The molecule has 0 amide bonds. The van der Waals surface area contributed by atoms with E-state index in [-0.39, 0.29) is 0 Å². The summed E-state index contributed by atoms with van der Waals surface area (Å²) in [6.07, 6.45) is 7.10. The SMILES string of the molecule is O=C(O)C1(/N=N/C2(C(=O)O)CCCCC2)CCCCC1. The number of hydrogen-bond acceptors (Lipinski definition) is 4. The second-order valence-corrected chi connectivity index (χ2v) is 5.99. The molecule has 6 nitrogen and oxygen atoms in total. The molecule has 0 aromatic carbocycles. The first kappa shape index (κ1) is 14.9. The lowest BCUT2D eigenvalue weighted by molar-refractivity contribution is -0.147. The third-order valence-electron chi connectivity index (χ3n) is 4.59. The normalized spacial score (nSPS) is 25.4. The summed E-state index contributed by atoms with van der Waals surface area (Å²) in [5.74, 6) is -1.95. The average molecular weight is 282 g/mol. The van der Waals surface area contributed by atoms with Crippen LogP contribution in [0.1, 0.15) is 64.2 Å². The lowest BCUT2D eigenvalue weighted by Crippen LogP contribution is -2.42. The Balaban J connectivity index is 2.23. The first-order valence-electron chi connectivity index (χ1n) is 7.42. The monoisotopic (exact) mass is 282 g/mol. The zero-order valence-corrected chi connectivity index (χ0v) is 11.7. The number of carboxylic acid groups (broad SMARTS) is 2. The highest BCUT2D eigenvalue weighted by Crippen LogP contribution is 2.37. The zero-order chi connectivity index (χ0) is 14.6. The van der Waals surface area contributed by atoms with Crippen molar-refractivity contribution in [3.63, 3.8) is 0 Å². The highest BCUT2D eigenvalue weighted by Gasteiger charge is 2.44. The number of carboxylic acids is 2. The number of hydrogen-bond donors (Lipinski definition) is 2. The van der Waals surface area contributed by atoms with Gasteiger partial charge in [0.2, 0.25) is 0 Å². The summed E-state index contributed by atoms with van der Waals surface area (Å²) >= 11 is 0. The topological polar surface area (TPSA) is 99.3 Å². The minimum Gasteiger partial charge on any atom is -0.479 e. The second kappa shape index (κ2) is 5.89. The van der Waals surface area contributed by atoms with Crippen LogP contribution in [0.4, 0.5) is 0 Å². The molecule has 2 N–H and O–H groups in total. The fraction of sp³-hybridized carbons (Fsp3) is 0.857. The summed E-state index contributed by atoms with van der Waals surface area (Å²) in [5.41, 5.74) is -2.39. The maximum Gasteiger partial charge on any atom is 0.333 e. The number of azo groups is 1. The quantitative estimate of drug-likeness (QED) is 0.774. The molecule has 0 saturated heterocycles. The van der Waals surface area contributed by atoms with Crippen molar-refractivity contribution in [2.45, 2.75) is 75.3 Å². The largest absolute Gasteiger partial charge is 0.479 e. The van der Waals surface area contributed by atoms with Gasteiger partial charge in [0.1, 0.15) is 0 Å². The van der Waals surface area contributed by atoms with Crippen LogP contribution in [-0.4, -0.2) is 33.2 Å². The van der Waals surface area contributed by atoms with E-state index in [0.717, 1.165) is 38.5 Å². The predicted molar refractivity (Wildman–Crippen MR) is 71.8 cm³/mol. The van der Waals surface area contributed by atoms with Crippen molar-refractivity contribution in [2.75, 3.05) is 0 Å². The highest BCUT2D eigenvalue weighted by molar-refractivity contribution is 5.80. The Kier molecular flexibility index (Phi) is 4.40. The van der Waals surface area contributed by atoms with Crippen LogP contribution in [0.5, 0.6) is 0 Å². The molecule has 20 heavy (non-hydrogen) atoms. The lowest BCUT2D eigenvalue weighted by atomic mass is 9.81. The van der Waals surface area contributed by atoms with E-state index in [9.17, 15) is 19.8 Å². The van der Waals surface area contributed by atoms with Crippen molar-refractivity contribution < 1.29 is 19.8 Å². The summed E-state index contributed by atoms with van der Waals surface area (Å²) in [4.78, 5) is 23.0.